The second kappa shape index (κ2) is 4.91. The van der Waals surface area contributed by atoms with E-state index in [9.17, 15) is 4.79 Å². The highest BCUT2D eigenvalue weighted by molar-refractivity contribution is 5.79. The van der Waals surface area contributed by atoms with Crippen LogP contribution in [0.4, 0.5) is 0 Å². The molecule has 0 aliphatic rings. The largest absolute Gasteiger partial charge is 0.497 e. The molecule has 0 saturated heterocycles. The fourth-order valence-corrected chi connectivity index (χ4v) is 2.48. The maximum absolute atomic E-state index is 12.2. The van der Waals surface area contributed by atoms with Crippen LogP contribution in [0, 0.1) is 0 Å². The van der Waals surface area contributed by atoms with Crippen molar-refractivity contribution in [3.05, 3.63) is 53.1 Å². The summed E-state index contributed by atoms with van der Waals surface area (Å²) in [5.74, 6) is 1.77. The fraction of sp³-hybridized carbons (Fsp3) is 0.125. The highest BCUT2D eigenvalue weighted by Gasteiger charge is 2.11. The number of aryl methyl sites for hydroxylation is 1. The maximum atomic E-state index is 12.2. The van der Waals surface area contributed by atoms with Gasteiger partial charge in [-0.25, -0.2) is 4.98 Å². The Labute approximate surface area is 130 Å². The number of nitrogens with zero attached hydrogens (tertiary/aromatic N) is 5. The molecule has 0 saturated carbocycles. The lowest BCUT2D eigenvalue weighted by atomic mass is 10.2. The van der Waals surface area contributed by atoms with E-state index in [0.717, 1.165) is 11.3 Å². The smallest absolute Gasteiger partial charge is 0.261 e. The van der Waals surface area contributed by atoms with E-state index in [0.29, 0.717) is 22.5 Å². The molecule has 0 N–H and O–H groups in total. The Bertz CT molecular complexity index is 1080. The minimum Gasteiger partial charge on any atom is -0.497 e. The Hall–Kier alpha value is -3.22. The fourth-order valence-electron chi connectivity index (χ4n) is 2.48. The molecular formula is C16H13N5O2. The number of methoxy groups -OCH3 is 1. The molecule has 114 valence electrons. The van der Waals surface area contributed by atoms with E-state index in [1.54, 1.807) is 31.1 Å². The van der Waals surface area contributed by atoms with E-state index in [4.69, 9.17) is 4.74 Å². The van der Waals surface area contributed by atoms with Crippen LogP contribution in [0.5, 0.6) is 5.75 Å². The molecular weight excluding hydrogens is 294 g/mol. The molecule has 0 aliphatic carbocycles. The number of benzene rings is 1. The third-order valence-corrected chi connectivity index (χ3v) is 3.76. The average Bonchev–Trinajstić information content (AvgIpc) is 3.02. The number of pyridine rings is 1. The Morgan fingerprint density at radius 1 is 1.13 bits per heavy atom. The summed E-state index contributed by atoms with van der Waals surface area (Å²) in [6, 6.07) is 9.30. The second-order valence-corrected chi connectivity index (χ2v) is 5.16. The second-order valence-electron chi connectivity index (χ2n) is 5.16. The van der Waals surface area contributed by atoms with E-state index in [1.807, 2.05) is 30.3 Å². The summed E-state index contributed by atoms with van der Waals surface area (Å²) in [4.78, 5) is 20.8. The third-order valence-electron chi connectivity index (χ3n) is 3.76. The first-order valence-corrected chi connectivity index (χ1v) is 7.03. The number of hydrogen-bond donors (Lipinski definition) is 0. The Morgan fingerprint density at radius 3 is 2.65 bits per heavy atom. The molecule has 0 fully saturated rings. The molecule has 1 aromatic carbocycles. The van der Waals surface area contributed by atoms with Crippen molar-refractivity contribution in [2.75, 3.05) is 7.11 Å². The zero-order chi connectivity index (χ0) is 16.0. The molecule has 7 nitrogen and oxygen atoms in total. The van der Waals surface area contributed by atoms with Crippen molar-refractivity contribution in [2.45, 2.75) is 0 Å². The minimum atomic E-state index is -0.113. The lowest BCUT2D eigenvalue weighted by Gasteiger charge is -2.01. The van der Waals surface area contributed by atoms with Crippen LogP contribution in [0.3, 0.4) is 0 Å². The van der Waals surface area contributed by atoms with Crippen LogP contribution in [-0.4, -0.2) is 31.3 Å². The summed E-state index contributed by atoms with van der Waals surface area (Å²) in [5.41, 5.74) is 1.43. The van der Waals surface area contributed by atoms with Gasteiger partial charge in [-0.15, -0.1) is 5.10 Å². The SMILES string of the molecule is COc1ccc(-c2nc3ncc4c(=O)n(C)ccc4n3n2)cc1. The lowest BCUT2D eigenvalue weighted by molar-refractivity contribution is 0.415. The van der Waals surface area contributed by atoms with Gasteiger partial charge in [0.15, 0.2) is 5.82 Å². The minimum absolute atomic E-state index is 0.113. The van der Waals surface area contributed by atoms with E-state index in [-0.39, 0.29) is 5.56 Å². The number of hydrogen-bond acceptors (Lipinski definition) is 5. The summed E-state index contributed by atoms with van der Waals surface area (Å²) in [6.45, 7) is 0. The molecule has 3 aromatic heterocycles. The first-order chi connectivity index (χ1) is 11.2. The van der Waals surface area contributed by atoms with Crippen molar-refractivity contribution in [3.63, 3.8) is 0 Å². The van der Waals surface area contributed by atoms with E-state index >= 15 is 0 Å². The van der Waals surface area contributed by atoms with Gasteiger partial charge in [-0.1, -0.05) is 0 Å². The summed E-state index contributed by atoms with van der Waals surface area (Å²) < 4.78 is 8.26. The number of aromatic nitrogens is 5. The van der Waals surface area contributed by atoms with Gasteiger partial charge in [0.2, 0.25) is 0 Å². The molecule has 0 amide bonds. The van der Waals surface area contributed by atoms with Crippen molar-refractivity contribution < 1.29 is 4.74 Å². The van der Waals surface area contributed by atoms with Crippen LogP contribution in [0.2, 0.25) is 0 Å². The summed E-state index contributed by atoms with van der Waals surface area (Å²) >= 11 is 0. The molecule has 23 heavy (non-hydrogen) atoms. The third kappa shape index (κ3) is 2.05. The first kappa shape index (κ1) is 13.4. The van der Waals surface area contributed by atoms with Gasteiger partial charge in [0.25, 0.3) is 11.3 Å². The molecule has 0 atom stereocenters. The van der Waals surface area contributed by atoms with Gasteiger partial charge >= 0.3 is 0 Å². The Morgan fingerprint density at radius 2 is 1.91 bits per heavy atom. The molecule has 4 rings (SSSR count). The zero-order valence-electron chi connectivity index (χ0n) is 12.6. The van der Waals surface area contributed by atoms with Gasteiger partial charge in [0.1, 0.15) is 5.75 Å². The lowest BCUT2D eigenvalue weighted by Crippen LogP contribution is -2.16. The molecule has 0 unspecified atom stereocenters. The molecule has 0 radical (unpaired) electrons. The van der Waals surface area contributed by atoms with Crippen molar-refractivity contribution in [3.8, 4) is 17.1 Å². The number of ether oxygens (including phenoxy) is 1. The van der Waals surface area contributed by atoms with Crippen LogP contribution in [0.25, 0.3) is 28.1 Å². The molecule has 0 aliphatic heterocycles. The van der Waals surface area contributed by atoms with Gasteiger partial charge in [0.05, 0.1) is 18.0 Å². The number of fused-ring (bicyclic) bond motifs is 3. The predicted octanol–water partition coefficient (Wildman–Crippen LogP) is 1.65. The normalized spacial score (nSPS) is 11.2. The topological polar surface area (TPSA) is 74.3 Å². The standard InChI is InChI=1S/C16H13N5O2/c1-20-8-7-13-12(15(20)22)9-17-16-18-14(19-21(13)16)10-3-5-11(23-2)6-4-10/h3-9H,1-2H3. The summed E-state index contributed by atoms with van der Waals surface area (Å²) in [6.07, 6.45) is 3.25. The Balaban J connectivity index is 1.95. The van der Waals surface area contributed by atoms with Gasteiger partial charge in [-0.2, -0.15) is 9.50 Å². The van der Waals surface area contributed by atoms with Crippen molar-refractivity contribution in [1.29, 1.82) is 0 Å². The average molecular weight is 307 g/mol. The molecule has 0 spiro atoms. The highest BCUT2D eigenvalue weighted by Crippen LogP contribution is 2.20. The highest BCUT2D eigenvalue weighted by atomic mass is 16.5. The Kier molecular flexibility index (Phi) is 2.87. The monoisotopic (exact) mass is 307 g/mol. The zero-order valence-corrected chi connectivity index (χ0v) is 12.6. The van der Waals surface area contributed by atoms with E-state index in [2.05, 4.69) is 15.1 Å². The number of rotatable bonds is 2. The quantitative estimate of drug-likeness (QED) is 0.563. The predicted molar refractivity (Wildman–Crippen MR) is 85.5 cm³/mol. The summed E-state index contributed by atoms with van der Waals surface area (Å²) in [5, 5.41) is 5.00. The van der Waals surface area contributed by atoms with Crippen molar-refractivity contribution >= 4 is 16.7 Å². The van der Waals surface area contributed by atoms with E-state index < -0.39 is 0 Å². The van der Waals surface area contributed by atoms with Gasteiger partial charge in [0, 0.05) is 25.0 Å². The van der Waals surface area contributed by atoms with Gasteiger partial charge in [-0.3, -0.25) is 4.79 Å². The summed E-state index contributed by atoms with van der Waals surface area (Å²) in [7, 11) is 3.32. The van der Waals surface area contributed by atoms with E-state index in [1.165, 1.54) is 4.57 Å². The molecule has 4 aromatic rings. The van der Waals surface area contributed by atoms with Crippen LogP contribution >= 0.6 is 0 Å². The maximum Gasteiger partial charge on any atom is 0.261 e. The van der Waals surface area contributed by atoms with Crippen LogP contribution in [0.1, 0.15) is 0 Å². The van der Waals surface area contributed by atoms with Crippen LogP contribution in [-0.2, 0) is 7.05 Å². The van der Waals surface area contributed by atoms with Crippen molar-refractivity contribution in [2.24, 2.45) is 7.05 Å². The first-order valence-electron chi connectivity index (χ1n) is 7.03. The molecule has 7 heteroatoms. The van der Waals surface area contributed by atoms with Crippen molar-refractivity contribution in [1.82, 2.24) is 24.1 Å². The van der Waals surface area contributed by atoms with Crippen LogP contribution < -0.4 is 10.3 Å². The van der Waals surface area contributed by atoms with Crippen LogP contribution in [0.15, 0.2) is 47.5 Å². The molecule has 0 bridgehead atoms. The van der Waals surface area contributed by atoms with Gasteiger partial charge in [-0.05, 0) is 30.3 Å². The molecule has 3 heterocycles. The van der Waals surface area contributed by atoms with Gasteiger partial charge < -0.3 is 9.30 Å².